The molecule has 1 atom stereocenters. The summed E-state index contributed by atoms with van der Waals surface area (Å²) in [6, 6.07) is 8.66. The topological polar surface area (TPSA) is 52.3 Å². The van der Waals surface area contributed by atoms with Gasteiger partial charge in [-0.1, -0.05) is 43.2 Å². The summed E-state index contributed by atoms with van der Waals surface area (Å²) in [5.41, 5.74) is 6.60. The molecule has 1 saturated carbocycles. The van der Waals surface area contributed by atoms with E-state index in [4.69, 9.17) is 10.5 Å². The summed E-state index contributed by atoms with van der Waals surface area (Å²) in [5, 5.41) is 0. The maximum Gasteiger partial charge on any atom is 0.327 e. The van der Waals surface area contributed by atoms with Crippen LogP contribution in [0, 0.1) is 5.92 Å². The standard InChI is InChI=1S/C13H17NO2/c14-12(11-4-2-1-3-5-11)13(15)16-9-8-10-6-7-10/h1-5,10,12H,6-9,14H2. The highest BCUT2D eigenvalue weighted by Gasteiger charge is 2.22. The Labute approximate surface area is 95.6 Å². The summed E-state index contributed by atoms with van der Waals surface area (Å²) in [5.74, 6) is 0.451. The molecule has 1 unspecified atom stereocenters. The number of hydrogen-bond acceptors (Lipinski definition) is 3. The smallest absolute Gasteiger partial charge is 0.327 e. The van der Waals surface area contributed by atoms with Gasteiger partial charge in [-0.15, -0.1) is 0 Å². The van der Waals surface area contributed by atoms with Crippen LogP contribution in [0.25, 0.3) is 0 Å². The highest BCUT2D eigenvalue weighted by atomic mass is 16.5. The lowest BCUT2D eigenvalue weighted by molar-refractivity contribution is -0.145. The van der Waals surface area contributed by atoms with Gasteiger partial charge < -0.3 is 10.5 Å². The van der Waals surface area contributed by atoms with Crippen LogP contribution in [0.1, 0.15) is 30.9 Å². The number of esters is 1. The fourth-order valence-electron chi connectivity index (χ4n) is 1.62. The van der Waals surface area contributed by atoms with Crippen LogP contribution in [-0.2, 0) is 9.53 Å². The van der Waals surface area contributed by atoms with Crippen LogP contribution in [0.4, 0.5) is 0 Å². The van der Waals surface area contributed by atoms with Gasteiger partial charge in [-0.2, -0.15) is 0 Å². The molecule has 1 aromatic carbocycles. The third kappa shape index (κ3) is 3.07. The lowest BCUT2D eigenvalue weighted by atomic mass is 10.1. The van der Waals surface area contributed by atoms with Crippen LogP contribution in [0.2, 0.25) is 0 Å². The minimum absolute atomic E-state index is 0.327. The zero-order chi connectivity index (χ0) is 11.4. The number of rotatable bonds is 5. The number of carbonyl (C=O) groups is 1. The first kappa shape index (κ1) is 11.1. The lowest BCUT2D eigenvalue weighted by Gasteiger charge is -2.11. The van der Waals surface area contributed by atoms with Gasteiger partial charge in [0.2, 0.25) is 0 Å². The zero-order valence-electron chi connectivity index (χ0n) is 9.26. The Bertz CT molecular complexity index is 346. The van der Waals surface area contributed by atoms with Crippen molar-refractivity contribution in [2.75, 3.05) is 6.61 Å². The van der Waals surface area contributed by atoms with E-state index >= 15 is 0 Å². The molecule has 1 fully saturated rings. The van der Waals surface area contributed by atoms with Gasteiger partial charge in [0.05, 0.1) is 6.61 Å². The molecule has 0 aliphatic heterocycles. The number of hydrogen-bond donors (Lipinski definition) is 1. The molecule has 2 rings (SSSR count). The van der Waals surface area contributed by atoms with Crippen molar-refractivity contribution in [2.24, 2.45) is 11.7 Å². The summed E-state index contributed by atoms with van der Waals surface area (Å²) in [4.78, 5) is 11.6. The SMILES string of the molecule is NC(C(=O)OCCC1CC1)c1ccccc1. The molecule has 0 amide bonds. The number of nitrogens with two attached hydrogens (primary N) is 1. The van der Waals surface area contributed by atoms with E-state index in [-0.39, 0.29) is 5.97 Å². The summed E-state index contributed by atoms with van der Waals surface area (Å²) in [7, 11) is 0. The van der Waals surface area contributed by atoms with Crippen LogP contribution in [-0.4, -0.2) is 12.6 Å². The second-order valence-electron chi connectivity index (χ2n) is 4.29. The molecule has 1 aliphatic carbocycles. The molecular formula is C13H17NO2. The number of benzene rings is 1. The molecule has 0 bridgehead atoms. The van der Waals surface area contributed by atoms with Gasteiger partial charge >= 0.3 is 5.97 Å². The van der Waals surface area contributed by atoms with Crippen LogP contribution in [0.15, 0.2) is 30.3 Å². The predicted molar refractivity (Wildman–Crippen MR) is 61.7 cm³/mol. The first-order chi connectivity index (χ1) is 7.77. The Hall–Kier alpha value is -1.35. The predicted octanol–water partition coefficient (Wildman–Crippen LogP) is 2.03. The van der Waals surface area contributed by atoms with Gasteiger partial charge in [0, 0.05) is 0 Å². The molecule has 86 valence electrons. The molecule has 3 nitrogen and oxygen atoms in total. The van der Waals surface area contributed by atoms with Crippen molar-refractivity contribution in [1.29, 1.82) is 0 Å². The third-order valence-corrected chi connectivity index (χ3v) is 2.88. The van der Waals surface area contributed by atoms with E-state index in [1.807, 2.05) is 30.3 Å². The van der Waals surface area contributed by atoms with Crippen molar-refractivity contribution in [1.82, 2.24) is 0 Å². The maximum atomic E-state index is 11.6. The van der Waals surface area contributed by atoms with Gasteiger partial charge in [-0.3, -0.25) is 0 Å². The van der Waals surface area contributed by atoms with E-state index in [0.717, 1.165) is 17.9 Å². The first-order valence-electron chi connectivity index (χ1n) is 5.74. The Morgan fingerprint density at radius 3 is 2.69 bits per heavy atom. The quantitative estimate of drug-likeness (QED) is 0.771. The van der Waals surface area contributed by atoms with Crippen LogP contribution < -0.4 is 5.73 Å². The van der Waals surface area contributed by atoms with Gasteiger partial charge in [-0.05, 0) is 17.9 Å². The van der Waals surface area contributed by atoms with E-state index in [2.05, 4.69) is 0 Å². The maximum absolute atomic E-state index is 11.6. The van der Waals surface area contributed by atoms with Crippen molar-refractivity contribution >= 4 is 5.97 Å². The summed E-state index contributed by atoms with van der Waals surface area (Å²) < 4.78 is 5.15. The number of ether oxygens (including phenoxy) is 1. The van der Waals surface area contributed by atoms with E-state index in [1.54, 1.807) is 0 Å². The molecule has 0 spiro atoms. The first-order valence-corrected chi connectivity index (χ1v) is 5.74. The van der Waals surface area contributed by atoms with E-state index in [0.29, 0.717) is 6.61 Å². The van der Waals surface area contributed by atoms with Crippen molar-refractivity contribution < 1.29 is 9.53 Å². The Kier molecular flexibility index (Phi) is 3.57. The van der Waals surface area contributed by atoms with Gasteiger partial charge in [0.15, 0.2) is 0 Å². The lowest BCUT2D eigenvalue weighted by Crippen LogP contribution is -2.24. The van der Waals surface area contributed by atoms with Crippen molar-refractivity contribution in [3.63, 3.8) is 0 Å². The zero-order valence-corrected chi connectivity index (χ0v) is 9.26. The van der Waals surface area contributed by atoms with Gasteiger partial charge in [0.25, 0.3) is 0 Å². The molecule has 16 heavy (non-hydrogen) atoms. The molecule has 0 heterocycles. The number of carbonyl (C=O) groups excluding carboxylic acids is 1. The summed E-state index contributed by atoms with van der Waals surface area (Å²) in [6.07, 6.45) is 3.54. The second-order valence-corrected chi connectivity index (χ2v) is 4.29. The van der Waals surface area contributed by atoms with Crippen LogP contribution >= 0.6 is 0 Å². The normalized spacial score (nSPS) is 16.8. The highest BCUT2D eigenvalue weighted by Crippen LogP contribution is 2.32. The highest BCUT2D eigenvalue weighted by molar-refractivity contribution is 5.77. The molecule has 0 aromatic heterocycles. The van der Waals surface area contributed by atoms with E-state index in [9.17, 15) is 4.79 Å². The molecule has 0 saturated heterocycles. The Morgan fingerprint density at radius 2 is 2.06 bits per heavy atom. The van der Waals surface area contributed by atoms with Gasteiger partial charge in [0.1, 0.15) is 6.04 Å². The largest absolute Gasteiger partial charge is 0.464 e. The summed E-state index contributed by atoms with van der Waals surface area (Å²) >= 11 is 0. The van der Waals surface area contributed by atoms with Crippen LogP contribution in [0.3, 0.4) is 0 Å². The molecule has 1 aromatic rings. The fraction of sp³-hybridized carbons (Fsp3) is 0.462. The van der Waals surface area contributed by atoms with Crippen LogP contribution in [0.5, 0.6) is 0 Å². The minimum atomic E-state index is -0.652. The Balaban J connectivity index is 1.79. The molecule has 3 heteroatoms. The molecule has 1 aliphatic rings. The van der Waals surface area contributed by atoms with Crippen molar-refractivity contribution in [3.8, 4) is 0 Å². The van der Waals surface area contributed by atoms with Crippen molar-refractivity contribution in [2.45, 2.75) is 25.3 Å². The second kappa shape index (κ2) is 5.12. The van der Waals surface area contributed by atoms with Crippen molar-refractivity contribution in [3.05, 3.63) is 35.9 Å². The van der Waals surface area contributed by atoms with E-state index < -0.39 is 6.04 Å². The fourth-order valence-corrected chi connectivity index (χ4v) is 1.62. The molecular weight excluding hydrogens is 202 g/mol. The molecule has 0 radical (unpaired) electrons. The Morgan fingerprint density at radius 1 is 1.38 bits per heavy atom. The minimum Gasteiger partial charge on any atom is -0.464 e. The third-order valence-electron chi connectivity index (χ3n) is 2.88. The van der Waals surface area contributed by atoms with E-state index in [1.165, 1.54) is 12.8 Å². The average Bonchev–Trinajstić information content (AvgIpc) is 3.13. The summed E-state index contributed by atoms with van der Waals surface area (Å²) in [6.45, 7) is 0.504. The van der Waals surface area contributed by atoms with Gasteiger partial charge in [-0.25, -0.2) is 4.79 Å². The monoisotopic (exact) mass is 219 g/mol. The average molecular weight is 219 g/mol. The molecule has 2 N–H and O–H groups in total.